The minimum Gasteiger partial charge on any atom is -0.360 e. The Bertz CT molecular complexity index is 865. The van der Waals surface area contributed by atoms with Crippen LogP contribution in [0.1, 0.15) is 6.92 Å². The van der Waals surface area contributed by atoms with Crippen LogP contribution in [0.25, 0.3) is 0 Å². The highest BCUT2D eigenvalue weighted by molar-refractivity contribution is 7.92. The van der Waals surface area contributed by atoms with Gasteiger partial charge in [0.2, 0.25) is 0 Å². The van der Waals surface area contributed by atoms with E-state index < -0.39 is 10.0 Å². The molecule has 1 aliphatic rings. The molecule has 0 aliphatic carbocycles. The van der Waals surface area contributed by atoms with Gasteiger partial charge in [-0.15, -0.1) is 0 Å². The van der Waals surface area contributed by atoms with Crippen LogP contribution in [0, 0.1) is 0 Å². The molecule has 3 rings (SSSR count). The van der Waals surface area contributed by atoms with Gasteiger partial charge in [-0.05, 0) is 49.4 Å². The van der Waals surface area contributed by atoms with Crippen molar-refractivity contribution in [3.8, 4) is 0 Å². The molecule has 1 fully saturated rings. The van der Waals surface area contributed by atoms with Gasteiger partial charge in [-0.2, -0.15) is 0 Å². The lowest BCUT2D eigenvalue weighted by Crippen LogP contribution is -3.14. The van der Waals surface area contributed by atoms with Gasteiger partial charge in [-0.1, -0.05) is 23.2 Å². The van der Waals surface area contributed by atoms with E-state index in [0.717, 1.165) is 38.4 Å². The third kappa shape index (κ3) is 4.43. The number of nitrogens with zero attached hydrogens (tertiary/aromatic N) is 1. The number of sulfonamides is 1. The standard InChI is InChI=1S/C18H21Cl2N3O2S/c1-2-22-9-11-23(12-10-22)15-5-3-14(4-6-15)21-26(24,25)16-7-8-17(19)18(20)13-16/h3-8,13,21H,2,9-12H2,1H3/p+1. The number of rotatable bonds is 5. The van der Waals surface area contributed by atoms with E-state index in [-0.39, 0.29) is 9.92 Å². The zero-order valence-corrected chi connectivity index (χ0v) is 16.8. The molecule has 0 atom stereocenters. The van der Waals surface area contributed by atoms with Crippen molar-refractivity contribution in [2.75, 3.05) is 42.3 Å². The van der Waals surface area contributed by atoms with Crippen LogP contribution in [0.5, 0.6) is 0 Å². The molecule has 1 saturated heterocycles. The lowest BCUT2D eigenvalue weighted by molar-refractivity contribution is -0.898. The minimum atomic E-state index is -3.71. The first kappa shape index (κ1) is 19.3. The highest BCUT2D eigenvalue weighted by Gasteiger charge is 2.19. The average molecular weight is 415 g/mol. The Morgan fingerprint density at radius 3 is 2.27 bits per heavy atom. The Kier molecular flexibility index (Phi) is 5.97. The van der Waals surface area contributed by atoms with Crippen molar-refractivity contribution >= 4 is 44.6 Å². The summed E-state index contributed by atoms with van der Waals surface area (Å²) >= 11 is 11.8. The summed E-state index contributed by atoms with van der Waals surface area (Å²) in [5.74, 6) is 0. The number of nitrogens with one attached hydrogen (secondary N) is 2. The summed E-state index contributed by atoms with van der Waals surface area (Å²) in [6.07, 6.45) is 0. The molecule has 2 N–H and O–H groups in total. The van der Waals surface area contributed by atoms with Crippen LogP contribution in [0.2, 0.25) is 10.0 Å². The lowest BCUT2D eigenvalue weighted by atomic mass is 10.2. The summed E-state index contributed by atoms with van der Waals surface area (Å²) in [7, 11) is -3.71. The molecule has 8 heteroatoms. The molecule has 0 radical (unpaired) electrons. The van der Waals surface area contributed by atoms with E-state index in [4.69, 9.17) is 23.2 Å². The average Bonchev–Trinajstić information content (AvgIpc) is 2.64. The number of hydrogen-bond donors (Lipinski definition) is 2. The van der Waals surface area contributed by atoms with Gasteiger partial charge >= 0.3 is 0 Å². The normalized spacial score (nSPS) is 15.9. The van der Waals surface area contributed by atoms with E-state index in [2.05, 4.69) is 16.5 Å². The maximum absolute atomic E-state index is 12.5. The van der Waals surface area contributed by atoms with Crippen LogP contribution < -0.4 is 14.5 Å². The van der Waals surface area contributed by atoms with Crippen molar-refractivity contribution in [3.05, 3.63) is 52.5 Å². The zero-order chi connectivity index (χ0) is 18.7. The molecule has 1 heterocycles. The van der Waals surface area contributed by atoms with Crippen LogP contribution in [0.4, 0.5) is 11.4 Å². The van der Waals surface area contributed by atoms with Crippen LogP contribution in [0.15, 0.2) is 47.4 Å². The predicted molar refractivity (Wildman–Crippen MR) is 107 cm³/mol. The number of anilines is 2. The van der Waals surface area contributed by atoms with E-state index >= 15 is 0 Å². The fraction of sp³-hybridized carbons (Fsp3) is 0.333. The Hall–Kier alpha value is -1.47. The second-order valence-corrected chi connectivity index (χ2v) is 8.82. The predicted octanol–water partition coefficient (Wildman–Crippen LogP) is 2.52. The van der Waals surface area contributed by atoms with Gasteiger partial charge < -0.3 is 9.80 Å². The molecule has 0 spiro atoms. The van der Waals surface area contributed by atoms with Crippen LogP contribution in [0.3, 0.4) is 0 Å². The Morgan fingerprint density at radius 2 is 1.69 bits per heavy atom. The number of quaternary nitrogens is 1. The quantitative estimate of drug-likeness (QED) is 0.789. The molecule has 0 saturated carbocycles. The summed E-state index contributed by atoms with van der Waals surface area (Å²) < 4.78 is 27.6. The van der Waals surface area contributed by atoms with Crippen molar-refractivity contribution in [1.82, 2.24) is 0 Å². The molecule has 0 aromatic heterocycles. The third-order valence-electron chi connectivity index (χ3n) is 4.66. The van der Waals surface area contributed by atoms with E-state index in [9.17, 15) is 8.42 Å². The molecule has 0 unspecified atom stereocenters. The van der Waals surface area contributed by atoms with Crippen molar-refractivity contribution < 1.29 is 13.3 Å². The van der Waals surface area contributed by atoms with Crippen molar-refractivity contribution in [3.63, 3.8) is 0 Å². The molecule has 0 amide bonds. The molecule has 5 nitrogen and oxygen atoms in total. The zero-order valence-electron chi connectivity index (χ0n) is 14.5. The van der Waals surface area contributed by atoms with Gasteiger partial charge in [0.15, 0.2) is 0 Å². The maximum atomic E-state index is 12.5. The highest BCUT2D eigenvalue weighted by Crippen LogP contribution is 2.26. The van der Waals surface area contributed by atoms with Gasteiger partial charge in [0, 0.05) is 11.4 Å². The maximum Gasteiger partial charge on any atom is 0.261 e. The Labute approximate surface area is 164 Å². The summed E-state index contributed by atoms with van der Waals surface area (Å²) in [5, 5.41) is 0.526. The van der Waals surface area contributed by atoms with E-state index in [1.54, 1.807) is 17.0 Å². The van der Waals surface area contributed by atoms with Crippen molar-refractivity contribution in [1.29, 1.82) is 0 Å². The number of hydrogen-bond acceptors (Lipinski definition) is 3. The molecule has 0 bridgehead atoms. The van der Waals surface area contributed by atoms with E-state index in [1.807, 2.05) is 12.1 Å². The van der Waals surface area contributed by atoms with Crippen molar-refractivity contribution in [2.24, 2.45) is 0 Å². The topological polar surface area (TPSA) is 53.9 Å². The fourth-order valence-electron chi connectivity index (χ4n) is 3.03. The second-order valence-electron chi connectivity index (χ2n) is 6.32. The van der Waals surface area contributed by atoms with Gasteiger partial charge in [-0.3, -0.25) is 4.72 Å². The first-order valence-electron chi connectivity index (χ1n) is 8.55. The molecular weight excluding hydrogens is 393 g/mol. The van der Waals surface area contributed by atoms with Crippen molar-refractivity contribution in [2.45, 2.75) is 11.8 Å². The van der Waals surface area contributed by atoms with Gasteiger partial charge in [0.25, 0.3) is 10.0 Å². The largest absolute Gasteiger partial charge is 0.360 e. The number of piperazine rings is 1. The molecule has 2 aromatic rings. The Balaban J connectivity index is 1.70. The second kappa shape index (κ2) is 8.05. The van der Waals surface area contributed by atoms with Crippen LogP contribution in [-0.2, 0) is 10.0 Å². The molecule has 1 aliphatic heterocycles. The first-order chi connectivity index (χ1) is 12.4. The molecule has 2 aromatic carbocycles. The third-order valence-corrected chi connectivity index (χ3v) is 6.77. The van der Waals surface area contributed by atoms with E-state index in [1.165, 1.54) is 18.2 Å². The Morgan fingerprint density at radius 1 is 1.04 bits per heavy atom. The lowest BCUT2D eigenvalue weighted by Gasteiger charge is -2.33. The monoisotopic (exact) mass is 414 g/mol. The first-order valence-corrected chi connectivity index (χ1v) is 10.8. The minimum absolute atomic E-state index is 0.0784. The van der Waals surface area contributed by atoms with Crippen LogP contribution in [-0.4, -0.2) is 41.1 Å². The molecule has 140 valence electrons. The van der Waals surface area contributed by atoms with E-state index in [0.29, 0.717) is 10.7 Å². The molecule has 26 heavy (non-hydrogen) atoms. The van der Waals surface area contributed by atoms with Gasteiger partial charge in [0.1, 0.15) is 0 Å². The summed E-state index contributed by atoms with van der Waals surface area (Å²) in [5.41, 5.74) is 1.62. The van der Waals surface area contributed by atoms with Gasteiger partial charge in [-0.25, -0.2) is 8.42 Å². The summed E-state index contributed by atoms with van der Waals surface area (Å²) in [6.45, 7) is 7.64. The van der Waals surface area contributed by atoms with Gasteiger partial charge in [0.05, 0.1) is 47.7 Å². The SMILES string of the molecule is CC[NH+]1CCN(c2ccc(NS(=O)(=O)c3ccc(Cl)c(Cl)c3)cc2)CC1. The van der Waals surface area contributed by atoms with Crippen LogP contribution >= 0.6 is 23.2 Å². The summed E-state index contributed by atoms with van der Waals surface area (Å²) in [4.78, 5) is 4.03. The summed E-state index contributed by atoms with van der Waals surface area (Å²) in [6, 6.07) is 11.7. The fourth-order valence-corrected chi connectivity index (χ4v) is 4.48. The molecular formula is C18H22Cl2N3O2S+. The number of likely N-dealkylation sites (N-methyl/N-ethyl adjacent to an activating group) is 1. The smallest absolute Gasteiger partial charge is 0.261 e. The highest BCUT2D eigenvalue weighted by atomic mass is 35.5. The number of halogens is 2. The number of benzene rings is 2.